The molecule has 2 atom stereocenters. The molecule has 1 aliphatic rings. The lowest BCUT2D eigenvalue weighted by Crippen LogP contribution is -2.48. The number of likely N-dealkylation sites (N-methyl/N-ethyl adjacent to an activating group) is 1. The minimum atomic E-state index is -0.543. The molecule has 0 saturated carbocycles. The number of amides is 1. The molecule has 19 heavy (non-hydrogen) atoms. The van der Waals surface area contributed by atoms with Crippen LogP contribution in [0.2, 0.25) is 0 Å². The lowest BCUT2D eigenvalue weighted by Gasteiger charge is -2.32. The van der Waals surface area contributed by atoms with Crippen molar-refractivity contribution in [3.05, 3.63) is 0 Å². The third-order valence-corrected chi connectivity index (χ3v) is 3.52. The van der Waals surface area contributed by atoms with Crippen molar-refractivity contribution in [2.24, 2.45) is 5.92 Å². The van der Waals surface area contributed by atoms with Gasteiger partial charge in [0.05, 0.1) is 30.5 Å². The fraction of sp³-hybridized carbons (Fsp3) is 0.846. The van der Waals surface area contributed by atoms with Crippen molar-refractivity contribution in [3.63, 3.8) is 0 Å². The molecule has 0 N–H and O–H groups in total. The smallest absolute Gasteiger partial charge is 0.410 e. The molecule has 6 heteroatoms. The third kappa shape index (κ3) is 4.45. The Morgan fingerprint density at radius 2 is 2.00 bits per heavy atom. The van der Waals surface area contributed by atoms with Crippen LogP contribution in [0.4, 0.5) is 4.79 Å². The van der Waals surface area contributed by atoms with Gasteiger partial charge < -0.3 is 14.4 Å². The minimum Gasteiger partial charge on any atom is -0.444 e. The lowest BCUT2D eigenvalue weighted by atomic mass is 9.98. The summed E-state index contributed by atoms with van der Waals surface area (Å²) in [6, 6.07) is -0.232. The monoisotopic (exact) mass is 335 g/mol. The Hall–Kier alpha value is -0.620. The summed E-state index contributed by atoms with van der Waals surface area (Å²) in [5.74, 6) is -0.212. The van der Waals surface area contributed by atoms with E-state index < -0.39 is 11.7 Å². The zero-order chi connectivity index (χ0) is 14.6. The summed E-state index contributed by atoms with van der Waals surface area (Å²) >= 11 is 3.17. The fourth-order valence-electron chi connectivity index (χ4n) is 2.08. The molecule has 0 aromatic rings. The molecule has 1 aliphatic heterocycles. The van der Waals surface area contributed by atoms with Crippen molar-refractivity contribution in [2.45, 2.75) is 39.3 Å². The molecule has 0 aliphatic carbocycles. The van der Waals surface area contributed by atoms with Crippen LogP contribution in [-0.2, 0) is 14.3 Å². The Morgan fingerprint density at radius 3 is 2.47 bits per heavy atom. The highest BCUT2D eigenvalue weighted by Crippen LogP contribution is 2.23. The lowest BCUT2D eigenvalue weighted by molar-refractivity contribution is -0.121. The van der Waals surface area contributed by atoms with Gasteiger partial charge in [-0.2, -0.15) is 0 Å². The Bertz CT molecular complexity index is 340. The van der Waals surface area contributed by atoms with E-state index in [0.717, 1.165) is 0 Å². The van der Waals surface area contributed by atoms with Crippen molar-refractivity contribution in [1.82, 2.24) is 4.90 Å². The Balaban J connectivity index is 2.78. The number of nitrogens with zero attached hydrogens (tertiary/aromatic N) is 1. The van der Waals surface area contributed by atoms with Gasteiger partial charge in [0.25, 0.3) is 0 Å². The van der Waals surface area contributed by atoms with E-state index in [1.807, 2.05) is 27.7 Å². The van der Waals surface area contributed by atoms with Crippen LogP contribution >= 0.6 is 15.9 Å². The summed E-state index contributed by atoms with van der Waals surface area (Å²) in [6.07, 6.45) is -0.391. The third-order valence-electron chi connectivity index (χ3n) is 2.96. The van der Waals surface area contributed by atoms with Crippen molar-refractivity contribution >= 4 is 27.8 Å². The van der Waals surface area contributed by atoms with Crippen molar-refractivity contribution < 1.29 is 19.1 Å². The molecule has 0 bridgehead atoms. The second-order valence-corrected chi connectivity index (χ2v) is 6.14. The number of alkyl halides is 1. The molecular formula is C13H22BrNO4. The average Bonchev–Trinajstić information content (AvgIpc) is 2.75. The Kier molecular flexibility index (Phi) is 5.80. The first-order valence-electron chi connectivity index (χ1n) is 6.46. The first kappa shape index (κ1) is 16.4. The maximum absolute atomic E-state index is 12.2. The molecule has 1 fully saturated rings. The van der Waals surface area contributed by atoms with E-state index in [9.17, 15) is 9.59 Å². The van der Waals surface area contributed by atoms with Gasteiger partial charge in [-0.05, 0) is 27.7 Å². The van der Waals surface area contributed by atoms with Gasteiger partial charge in [-0.25, -0.2) is 4.79 Å². The zero-order valence-corrected chi connectivity index (χ0v) is 13.5. The van der Waals surface area contributed by atoms with Crippen molar-refractivity contribution in [1.29, 1.82) is 0 Å². The highest BCUT2D eigenvalue weighted by Gasteiger charge is 2.40. The predicted octanol–water partition coefficient (Wildman–Crippen LogP) is 2.22. The van der Waals surface area contributed by atoms with Crippen LogP contribution < -0.4 is 0 Å². The first-order chi connectivity index (χ1) is 8.80. The number of rotatable bonds is 4. The molecule has 1 rings (SSSR count). The van der Waals surface area contributed by atoms with E-state index >= 15 is 0 Å². The van der Waals surface area contributed by atoms with E-state index in [1.165, 1.54) is 0 Å². The van der Waals surface area contributed by atoms with Crippen LogP contribution in [0.3, 0.4) is 0 Å². The van der Waals surface area contributed by atoms with Crippen LogP contribution in [-0.4, -0.2) is 53.5 Å². The average molecular weight is 336 g/mol. The fourth-order valence-corrected chi connectivity index (χ4v) is 2.49. The van der Waals surface area contributed by atoms with Gasteiger partial charge in [-0.1, -0.05) is 15.9 Å². The molecule has 1 amide bonds. The van der Waals surface area contributed by atoms with Gasteiger partial charge in [0, 0.05) is 6.54 Å². The van der Waals surface area contributed by atoms with Crippen LogP contribution in [0.5, 0.6) is 0 Å². The number of ketones is 1. The van der Waals surface area contributed by atoms with Crippen LogP contribution in [0.15, 0.2) is 0 Å². The van der Waals surface area contributed by atoms with E-state index in [0.29, 0.717) is 19.8 Å². The second kappa shape index (κ2) is 6.70. The van der Waals surface area contributed by atoms with Gasteiger partial charge in [0.2, 0.25) is 0 Å². The number of Topliss-reactive ketones (excluding diaryl/α,β-unsaturated/α-hetero) is 1. The van der Waals surface area contributed by atoms with Crippen LogP contribution in [0.1, 0.15) is 27.7 Å². The molecule has 0 spiro atoms. The molecule has 0 radical (unpaired) electrons. The van der Waals surface area contributed by atoms with E-state index in [4.69, 9.17) is 9.47 Å². The summed E-state index contributed by atoms with van der Waals surface area (Å²) in [6.45, 7) is 8.60. The summed E-state index contributed by atoms with van der Waals surface area (Å²) in [5.41, 5.74) is -0.543. The Labute approximate surface area is 122 Å². The number of hydrogen-bond donors (Lipinski definition) is 0. The van der Waals surface area contributed by atoms with E-state index in [2.05, 4.69) is 15.9 Å². The number of halogens is 1. The number of carbonyl (C=O) groups is 2. The standard InChI is InChI=1S/C13H22BrNO4/c1-5-15(12(17)19-13(2,3)4)10-8-18-7-9(10)11(16)6-14/h9-10H,5-8H2,1-4H3. The molecule has 1 saturated heterocycles. The Morgan fingerprint density at radius 1 is 1.37 bits per heavy atom. The summed E-state index contributed by atoms with van der Waals surface area (Å²) in [4.78, 5) is 25.6. The van der Waals surface area contributed by atoms with Gasteiger partial charge in [-0.15, -0.1) is 0 Å². The SMILES string of the molecule is CCN(C(=O)OC(C)(C)C)C1COCC1C(=O)CBr. The normalized spacial score (nSPS) is 23.2. The quantitative estimate of drug-likeness (QED) is 0.739. The topological polar surface area (TPSA) is 55.8 Å². The number of carbonyl (C=O) groups excluding carboxylic acids is 2. The maximum Gasteiger partial charge on any atom is 0.410 e. The highest BCUT2D eigenvalue weighted by atomic mass is 79.9. The van der Waals surface area contributed by atoms with Crippen molar-refractivity contribution in [3.8, 4) is 0 Å². The minimum absolute atomic E-state index is 0.0597. The second-order valence-electron chi connectivity index (χ2n) is 5.58. The largest absolute Gasteiger partial charge is 0.444 e. The predicted molar refractivity (Wildman–Crippen MR) is 75.5 cm³/mol. The molecule has 0 aromatic heterocycles. The molecule has 2 unspecified atom stereocenters. The van der Waals surface area contributed by atoms with Gasteiger partial charge >= 0.3 is 6.09 Å². The number of ether oxygens (including phenoxy) is 2. The first-order valence-corrected chi connectivity index (χ1v) is 7.58. The van der Waals surface area contributed by atoms with E-state index in [1.54, 1.807) is 4.90 Å². The zero-order valence-electron chi connectivity index (χ0n) is 11.9. The molecule has 5 nitrogen and oxygen atoms in total. The summed E-state index contributed by atoms with van der Waals surface area (Å²) < 4.78 is 10.7. The van der Waals surface area contributed by atoms with Crippen LogP contribution in [0, 0.1) is 5.92 Å². The van der Waals surface area contributed by atoms with Gasteiger partial charge in [-0.3, -0.25) is 4.79 Å². The molecular weight excluding hydrogens is 314 g/mol. The van der Waals surface area contributed by atoms with Crippen LogP contribution in [0.25, 0.3) is 0 Å². The molecule has 1 heterocycles. The van der Waals surface area contributed by atoms with Gasteiger partial charge in [0.1, 0.15) is 5.60 Å². The summed E-state index contributed by atoms with van der Waals surface area (Å²) in [5, 5.41) is 0.281. The molecule has 110 valence electrons. The number of hydrogen-bond acceptors (Lipinski definition) is 4. The van der Waals surface area contributed by atoms with Gasteiger partial charge in [0.15, 0.2) is 5.78 Å². The van der Waals surface area contributed by atoms with Crippen molar-refractivity contribution in [2.75, 3.05) is 25.1 Å². The maximum atomic E-state index is 12.2. The summed E-state index contributed by atoms with van der Waals surface area (Å²) in [7, 11) is 0. The molecule has 0 aromatic carbocycles. The van der Waals surface area contributed by atoms with E-state index in [-0.39, 0.29) is 23.1 Å². The highest BCUT2D eigenvalue weighted by molar-refractivity contribution is 9.09.